The summed E-state index contributed by atoms with van der Waals surface area (Å²) in [5, 5.41) is 8.47. The predicted molar refractivity (Wildman–Crippen MR) is 45.4 cm³/mol. The van der Waals surface area contributed by atoms with E-state index in [0.29, 0.717) is 12.2 Å². The first-order valence-electron chi connectivity index (χ1n) is 3.80. The van der Waals surface area contributed by atoms with Crippen LogP contribution in [0.15, 0.2) is 12.1 Å². The van der Waals surface area contributed by atoms with Gasteiger partial charge >= 0.3 is 5.97 Å². The summed E-state index contributed by atoms with van der Waals surface area (Å²) in [6, 6.07) is 3.40. The summed E-state index contributed by atoms with van der Waals surface area (Å²) in [7, 11) is 3.07. The molecule has 0 aliphatic carbocycles. The topological polar surface area (TPSA) is 63.5 Å². The average Bonchev–Trinajstić information content (AvgIpc) is 2.48. The molecule has 0 saturated carbocycles. The van der Waals surface area contributed by atoms with E-state index >= 15 is 0 Å². The molecule has 5 nitrogen and oxygen atoms in total. The average molecular weight is 184 g/mol. The van der Waals surface area contributed by atoms with E-state index in [4.69, 9.17) is 5.21 Å². The molecule has 1 aromatic heterocycles. The SMILES string of the molecule is COC(=O)c1ccc(CNO)n1C. The molecule has 1 aromatic rings. The highest BCUT2D eigenvalue weighted by Crippen LogP contribution is 2.07. The smallest absolute Gasteiger partial charge is 0.354 e. The van der Waals surface area contributed by atoms with Crippen molar-refractivity contribution >= 4 is 5.97 Å². The Morgan fingerprint density at radius 1 is 1.69 bits per heavy atom. The monoisotopic (exact) mass is 184 g/mol. The van der Waals surface area contributed by atoms with Crippen LogP contribution in [0.5, 0.6) is 0 Å². The second-order valence-corrected chi connectivity index (χ2v) is 2.60. The maximum absolute atomic E-state index is 11.1. The minimum atomic E-state index is -0.383. The standard InChI is InChI=1S/C8H12N2O3/c1-10-6(5-9-12)3-4-7(10)8(11)13-2/h3-4,9,12H,5H2,1-2H3. The molecule has 72 valence electrons. The summed E-state index contributed by atoms with van der Waals surface area (Å²) in [6.07, 6.45) is 0. The maximum Gasteiger partial charge on any atom is 0.354 e. The molecule has 0 amide bonds. The van der Waals surface area contributed by atoms with Gasteiger partial charge in [0.25, 0.3) is 0 Å². The second-order valence-electron chi connectivity index (χ2n) is 2.60. The van der Waals surface area contributed by atoms with E-state index in [2.05, 4.69) is 4.74 Å². The van der Waals surface area contributed by atoms with Gasteiger partial charge in [-0.3, -0.25) is 0 Å². The maximum atomic E-state index is 11.1. The highest BCUT2D eigenvalue weighted by molar-refractivity contribution is 5.87. The van der Waals surface area contributed by atoms with Crippen molar-refractivity contribution in [1.82, 2.24) is 10.0 Å². The Bertz CT molecular complexity index is 306. The van der Waals surface area contributed by atoms with Crippen molar-refractivity contribution in [3.05, 3.63) is 23.5 Å². The van der Waals surface area contributed by atoms with E-state index in [1.807, 2.05) is 5.48 Å². The van der Waals surface area contributed by atoms with Gasteiger partial charge in [0, 0.05) is 12.7 Å². The highest BCUT2D eigenvalue weighted by Gasteiger charge is 2.11. The Kier molecular flexibility index (Phi) is 3.05. The fourth-order valence-corrected chi connectivity index (χ4v) is 1.12. The number of hydrogen-bond donors (Lipinski definition) is 2. The molecule has 13 heavy (non-hydrogen) atoms. The van der Waals surface area contributed by atoms with Gasteiger partial charge in [-0.15, -0.1) is 0 Å². The third-order valence-electron chi connectivity index (χ3n) is 1.88. The summed E-state index contributed by atoms with van der Waals surface area (Å²) in [6.45, 7) is 0.299. The third-order valence-corrected chi connectivity index (χ3v) is 1.88. The summed E-state index contributed by atoms with van der Waals surface area (Å²) in [5.74, 6) is -0.383. The molecule has 0 saturated heterocycles. The Balaban J connectivity index is 2.92. The Morgan fingerprint density at radius 3 is 2.92 bits per heavy atom. The zero-order valence-corrected chi connectivity index (χ0v) is 7.57. The normalized spacial score (nSPS) is 10.1. The van der Waals surface area contributed by atoms with Crippen molar-refractivity contribution in [2.24, 2.45) is 7.05 Å². The first-order chi connectivity index (χ1) is 6.20. The number of nitrogens with one attached hydrogen (secondary N) is 1. The molecular formula is C8H12N2O3. The molecule has 0 aliphatic heterocycles. The molecule has 0 aliphatic rings. The van der Waals surface area contributed by atoms with E-state index in [1.165, 1.54) is 7.11 Å². The van der Waals surface area contributed by atoms with Gasteiger partial charge in [0.2, 0.25) is 0 Å². The number of carbonyl (C=O) groups is 1. The Labute approximate surface area is 75.9 Å². The van der Waals surface area contributed by atoms with Gasteiger partial charge in [-0.2, -0.15) is 5.48 Å². The van der Waals surface area contributed by atoms with E-state index in [1.54, 1.807) is 23.7 Å². The first kappa shape index (κ1) is 9.76. The van der Waals surface area contributed by atoms with Crippen molar-refractivity contribution in [2.75, 3.05) is 7.11 Å². The van der Waals surface area contributed by atoms with Crippen molar-refractivity contribution in [3.63, 3.8) is 0 Å². The van der Waals surface area contributed by atoms with Gasteiger partial charge in [0.05, 0.1) is 13.7 Å². The van der Waals surface area contributed by atoms with Crippen molar-refractivity contribution < 1.29 is 14.7 Å². The first-order valence-corrected chi connectivity index (χ1v) is 3.80. The van der Waals surface area contributed by atoms with Crippen LogP contribution in [0.3, 0.4) is 0 Å². The van der Waals surface area contributed by atoms with Crippen LogP contribution in [0.25, 0.3) is 0 Å². The molecule has 0 fully saturated rings. The van der Waals surface area contributed by atoms with Crippen LogP contribution in [-0.2, 0) is 18.3 Å². The summed E-state index contributed by atoms with van der Waals surface area (Å²) >= 11 is 0. The Morgan fingerprint density at radius 2 is 2.38 bits per heavy atom. The molecule has 2 N–H and O–H groups in total. The minimum absolute atomic E-state index is 0.299. The van der Waals surface area contributed by atoms with Crippen LogP contribution in [0.1, 0.15) is 16.2 Å². The largest absolute Gasteiger partial charge is 0.464 e. The fourth-order valence-electron chi connectivity index (χ4n) is 1.12. The Hall–Kier alpha value is -1.33. The molecule has 0 bridgehead atoms. The van der Waals surface area contributed by atoms with Crippen molar-refractivity contribution in [2.45, 2.75) is 6.54 Å². The van der Waals surface area contributed by atoms with Gasteiger partial charge in [-0.05, 0) is 12.1 Å². The van der Waals surface area contributed by atoms with E-state index < -0.39 is 0 Å². The van der Waals surface area contributed by atoms with Crippen molar-refractivity contribution in [3.8, 4) is 0 Å². The lowest BCUT2D eigenvalue weighted by molar-refractivity contribution is 0.0589. The van der Waals surface area contributed by atoms with Crippen LogP contribution in [0.4, 0.5) is 0 Å². The zero-order chi connectivity index (χ0) is 9.84. The van der Waals surface area contributed by atoms with E-state index in [9.17, 15) is 4.79 Å². The molecule has 1 heterocycles. The molecule has 5 heteroatoms. The van der Waals surface area contributed by atoms with Gasteiger partial charge in [0.1, 0.15) is 5.69 Å². The molecule has 0 aromatic carbocycles. The number of methoxy groups -OCH3 is 1. The quantitative estimate of drug-likeness (QED) is 0.523. The van der Waals surface area contributed by atoms with Gasteiger partial charge in [-0.1, -0.05) is 0 Å². The lowest BCUT2D eigenvalue weighted by atomic mass is 10.4. The molecule has 0 spiro atoms. The number of rotatable bonds is 3. The lowest BCUT2D eigenvalue weighted by Crippen LogP contribution is -2.13. The van der Waals surface area contributed by atoms with Crippen LogP contribution in [-0.4, -0.2) is 22.9 Å². The number of hydrogen-bond acceptors (Lipinski definition) is 4. The number of hydroxylamine groups is 1. The lowest BCUT2D eigenvalue weighted by Gasteiger charge is -2.04. The van der Waals surface area contributed by atoms with Gasteiger partial charge < -0.3 is 14.5 Å². The summed E-state index contributed by atoms with van der Waals surface area (Å²) < 4.78 is 6.23. The predicted octanol–water partition coefficient (Wildman–Crippen LogP) is 0.290. The van der Waals surface area contributed by atoms with Crippen LogP contribution in [0.2, 0.25) is 0 Å². The molecule has 0 radical (unpaired) electrons. The van der Waals surface area contributed by atoms with Crippen LogP contribution < -0.4 is 5.48 Å². The molecule has 0 unspecified atom stereocenters. The van der Waals surface area contributed by atoms with Gasteiger partial charge in [-0.25, -0.2) is 4.79 Å². The van der Waals surface area contributed by atoms with E-state index in [0.717, 1.165) is 5.69 Å². The van der Waals surface area contributed by atoms with E-state index in [-0.39, 0.29) is 5.97 Å². The van der Waals surface area contributed by atoms with Crippen LogP contribution in [0, 0.1) is 0 Å². The number of carbonyl (C=O) groups excluding carboxylic acids is 1. The molecular weight excluding hydrogens is 172 g/mol. The number of nitrogens with zero attached hydrogens (tertiary/aromatic N) is 1. The molecule has 1 rings (SSSR count). The minimum Gasteiger partial charge on any atom is -0.464 e. The number of aromatic nitrogens is 1. The summed E-state index contributed by atoms with van der Waals surface area (Å²) in [5.41, 5.74) is 3.30. The van der Waals surface area contributed by atoms with Crippen molar-refractivity contribution in [1.29, 1.82) is 0 Å². The van der Waals surface area contributed by atoms with Crippen LogP contribution >= 0.6 is 0 Å². The zero-order valence-electron chi connectivity index (χ0n) is 7.57. The van der Waals surface area contributed by atoms with Gasteiger partial charge in [0.15, 0.2) is 0 Å². The summed E-state index contributed by atoms with van der Waals surface area (Å²) in [4.78, 5) is 11.1. The fraction of sp³-hybridized carbons (Fsp3) is 0.375. The third kappa shape index (κ3) is 1.88. The second kappa shape index (κ2) is 4.06. The number of esters is 1. The highest BCUT2D eigenvalue weighted by atomic mass is 16.5. The molecule has 0 atom stereocenters. The number of ether oxygens (including phenoxy) is 1.